The molecule has 1 aliphatic carbocycles. The molecule has 0 aliphatic heterocycles. The Bertz CT molecular complexity index is 952. The largest absolute Gasteiger partial charge is 0.273 e. The number of carbonyl (C=O) groups excluding carboxylic acids is 1. The maximum absolute atomic E-state index is 12.9. The average molecular weight is 368 g/mol. The van der Waals surface area contributed by atoms with Crippen molar-refractivity contribution in [1.82, 2.24) is 5.43 Å². The molecule has 0 bridgehead atoms. The quantitative estimate of drug-likeness (QED) is 0.508. The molecule has 0 spiro atoms. The smallest absolute Gasteiger partial charge is 0.244 e. The summed E-state index contributed by atoms with van der Waals surface area (Å²) in [6.45, 7) is 3.97. The summed E-state index contributed by atoms with van der Waals surface area (Å²) >= 11 is 0. The van der Waals surface area contributed by atoms with E-state index in [4.69, 9.17) is 0 Å². The van der Waals surface area contributed by atoms with Gasteiger partial charge in [-0.2, -0.15) is 5.10 Å². The molecule has 0 radical (unpaired) electrons. The number of amides is 1. The van der Waals surface area contributed by atoms with E-state index in [9.17, 15) is 4.79 Å². The van der Waals surface area contributed by atoms with Crippen molar-refractivity contribution in [2.24, 2.45) is 11.0 Å². The summed E-state index contributed by atoms with van der Waals surface area (Å²) < 4.78 is 0. The summed E-state index contributed by atoms with van der Waals surface area (Å²) in [4.78, 5) is 12.9. The van der Waals surface area contributed by atoms with Crippen LogP contribution in [0.1, 0.15) is 35.6 Å². The highest BCUT2D eigenvalue weighted by Gasteiger charge is 2.60. The standard InChI is InChI=1S/C25H24N2O/c1-18-13-15-20(16-14-18)19(2)26-27-24(28)23-17-25(23,21-9-5-3-6-10-21)22-11-7-4-8-12-22/h3-16,23H,17H2,1-2H3,(H,27,28)/b26-19+. The number of hydrazone groups is 1. The van der Waals surface area contributed by atoms with Crippen molar-refractivity contribution in [1.29, 1.82) is 0 Å². The molecule has 28 heavy (non-hydrogen) atoms. The molecule has 1 atom stereocenters. The fourth-order valence-corrected chi connectivity index (χ4v) is 3.93. The topological polar surface area (TPSA) is 41.5 Å². The summed E-state index contributed by atoms with van der Waals surface area (Å²) in [6.07, 6.45) is 0.798. The lowest BCUT2D eigenvalue weighted by Crippen LogP contribution is -2.26. The predicted molar refractivity (Wildman–Crippen MR) is 113 cm³/mol. The molecule has 1 amide bonds. The van der Waals surface area contributed by atoms with E-state index in [2.05, 4.69) is 41.7 Å². The van der Waals surface area contributed by atoms with Gasteiger partial charge in [0.25, 0.3) is 0 Å². The molecule has 0 saturated heterocycles. The first-order valence-electron chi connectivity index (χ1n) is 9.63. The maximum atomic E-state index is 12.9. The van der Waals surface area contributed by atoms with Crippen LogP contribution in [-0.2, 0) is 10.2 Å². The lowest BCUT2D eigenvalue weighted by molar-refractivity contribution is -0.122. The van der Waals surface area contributed by atoms with E-state index in [1.165, 1.54) is 16.7 Å². The van der Waals surface area contributed by atoms with Crippen molar-refractivity contribution in [3.63, 3.8) is 0 Å². The average Bonchev–Trinajstić information content (AvgIpc) is 3.51. The molecule has 3 heteroatoms. The molecule has 140 valence electrons. The normalized spacial score (nSPS) is 17.8. The summed E-state index contributed by atoms with van der Waals surface area (Å²) in [7, 11) is 0. The summed E-state index contributed by atoms with van der Waals surface area (Å²) in [5, 5.41) is 4.36. The monoisotopic (exact) mass is 368 g/mol. The van der Waals surface area contributed by atoms with E-state index in [1.807, 2.05) is 67.6 Å². The van der Waals surface area contributed by atoms with Crippen molar-refractivity contribution >= 4 is 11.6 Å². The Morgan fingerprint density at radius 1 is 0.893 bits per heavy atom. The summed E-state index contributed by atoms with van der Waals surface area (Å²) in [5.41, 5.74) is 7.92. The van der Waals surface area contributed by atoms with Gasteiger partial charge >= 0.3 is 0 Å². The number of nitrogens with zero attached hydrogens (tertiary/aromatic N) is 1. The number of carbonyl (C=O) groups is 1. The molecular formula is C25H24N2O. The molecule has 3 aromatic rings. The van der Waals surface area contributed by atoms with E-state index in [1.54, 1.807) is 0 Å². The second kappa shape index (κ2) is 7.43. The molecule has 4 rings (SSSR count). The van der Waals surface area contributed by atoms with E-state index >= 15 is 0 Å². The van der Waals surface area contributed by atoms with Crippen LogP contribution in [-0.4, -0.2) is 11.6 Å². The van der Waals surface area contributed by atoms with Crippen molar-refractivity contribution in [2.45, 2.75) is 25.7 Å². The van der Waals surface area contributed by atoms with E-state index in [-0.39, 0.29) is 17.2 Å². The fourth-order valence-electron chi connectivity index (χ4n) is 3.93. The SMILES string of the molecule is C/C(=N\NC(=O)C1CC1(c1ccccc1)c1ccccc1)c1ccc(C)cc1. The van der Waals surface area contributed by atoms with Gasteiger partial charge in [0.15, 0.2) is 0 Å². The van der Waals surface area contributed by atoms with Gasteiger partial charge in [-0.25, -0.2) is 5.43 Å². The number of benzene rings is 3. The molecule has 3 nitrogen and oxygen atoms in total. The highest BCUT2D eigenvalue weighted by molar-refractivity contribution is 5.99. The Morgan fingerprint density at radius 2 is 1.43 bits per heavy atom. The van der Waals surface area contributed by atoms with Crippen molar-refractivity contribution < 1.29 is 4.79 Å². The van der Waals surface area contributed by atoms with Gasteiger partial charge < -0.3 is 0 Å². The van der Waals surface area contributed by atoms with Crippen LogP contribution in [0.2, 0.25) is 0 Å². The van der Waals surface area contributed by atoms with E-state index < -0.39 is 0 Å². The third kappa shape index (κ3) is 3.36. The number of nitrogens with one attached hydrogen (secondary N) is 1. The molecule has 1 aliphatic rings. The molecule has 0 aromatic heterocycles. The molecule has 0 heterocycles. The van der Waals surface area contributed by atoms with Gasteiger partial charge in [0.1, 0.15) is 0 Å². The molecule has 3 aromatic carbocycles. The van der Waals surface area contributed by atoms with E-state index in [0.717, 1.165) is 17.7 Å². The Morgan fingerprint density at radius 3 is 1.96 bits per heavy atom. The second-order valence-corrected chi connectivity index (χ2v) is 7.50. The zero-order valence-electron chi connectivity index (χ0n) is 16.2. The van der Waals surface area contributed by atoms with Crippen LogP contribution in [0.3, 0.4) is 0 Å². The minimum Gasteiger partial charge on any atom is -0.273 e. The van der Waals surface area contributed by atoms with Crippen LogP contribution in [0.4, 0.5) is 0 Å². The molecule has 1 N–H and O–H groups in total. The maximum Gasteiger partial charge on any atom is 0.244 e. The highest BCUT2D eigenvalue weighted by atomic mass is 16.2. The minimum atomic E-state index is -0.264. The van der Waals surface area contributed by atoms with E-state index in [0.29, 0.717) is 0 Å². The van der Waals surface area contributed by atoms with Gasteiger partial charge in [-0.3, -0.25) is 4.79 Å². The van der Waals surface area contributed by atoms with Crippen LogP contribution in [0, 0.1) is 12.8 Å². The molecular weight excluding hydrogens is 344 g/mol. The van der Waals surface area contributed by atoms with Gasteiger partial charge in [-0.15, -0.1) is 0 Å². The van der Waals surface area contributed by atoms with Gasteiger partial charge in [-0.05, 0) is 37.0 Å². The van der Waals surface area contributed by atoms with Crippen LogP contribution in [0.5, 0.6) is 0 Å². The van der Waals surface area contributed by atoms with Crippen LogP contribution < -0.4 is 5.43 Å². The van der Waals surface area contributed by atoms with Crippen molar-refractivity contribution in [2.75, 3.05) is 0 Å². The van der Waals surface area contributed by atoms with Crippen LogP contribution in [0.25, 0.3) is 0 Å². The zero-order chi connectivity index (χ0) is 19.6. The molecule has 1 saturated carbocycles. The predicted octanol–water partition coefficient (Wildman–Crippen LogP) is 4.84. The lowest BCUT2D eigenvalue weighted by Gasteiger charge is -2.18. The Kier molecular flexibility index (Phi) is 4.82. The van der Waals surface area contributed by atoms with Crippen molar-refractivity contribution in [3.05, 3.63) is 107 Å². The number of rotatable bonds is 5. The van der Waals surface area contributed by atoms with Crippen LogP contribution >= 0.6 is 0 Å². The second-order valence-electron chi connectivity index (χ2n) is 7.50. The lowest BCUT2D eigenvalue weighted by atomic mass is 9.85. The zero-order valence-corrected chi connectivity index (χ0v) is 16.2. The number of hydrogen-bond donors (Lipinski definition) is 1. The van der Waals surface area contributed by atoms with Crippen molar-refractivity contribution in [3.8, 4) is 0 Å². The third-order valence-corrected chi connectivity index (χ3v) is 5.66. The Hall–Kier alpha value is -3.20. The summed E-state index contributed by atoms with van der Waals surface area (Å²) in [5.74, 6) is -0.147. The van der Waals surface area contributed by atoms with Gasteiger partial charge in [0.2, 0.25) is 5.91 Å². The summed E-state index contributed by atoms with van der Waals surface area (Å²) in [6, 6.07) is 28.7. The van der Waals surface area contributed by atoms with Crippen LogP contribution in [0.15, 0.2) is 90.0 Å². The first kappa shape index (κ1) is 18.2. The van der Waals surface area contributed by atoms with Gasteiger partial charge in [-0.1, -0.05) is 90.5 Å². The molecule has 1 fully saturated rings. The van der Waals surface area contributed by atoms with Gasteiger partial charge in [0.05, 0.1) is 11.6 Å². The fraction of sp³-hybridized carbons (Fsp3) is 0.200. The highest BCUT2D eigenvalue weighted by Crippen LogP contribution is 2.58. The minimum absolute atomic E-state index is 0.0285. The first-order valence-corrected chi connectivity index (χ1v) is 9.63. The molecule has 1 unspecified atom stereocenters. The first-order chi connectivity index (χ1) is 13.6. The van der Waals surface area contributed by atoms with Gasteiger partial charge in [0, 0.05) is 5.41 Å². The number of aryl methyl sites for hydroxylation is 1. The third-order valence-electron chi connectivity index (χ3n) is 5.66. The Labute approximate surface area is 166 Å². The Balaban J connectivity index is 1.56. The number of hydrogen-bond acceptors (Lipinski definition) is 2.